The number of benzene rings is 2. The number of halogens is 1. The molecular weight excluding hydrogens is 356 g/mol. The Balaban J connectivity index is 0.00000210. The van der Waals surface area contributed by atoms with Crippen molar-refractivity contribution in [3.05, 3.63) is 48.0 Å². The van der Waals surface area contributed by atoms with Crippen LogP contribution in [0.3, 0.4) is 0 Å². The molecule has 27 heavy (non-hydrogen) atoms. The van der Waals surface area contributed by atoms with Crippen LogP contribution in [0.4, 0.5) is 0 Å². The van der Waals surface area contributed by atoms with Gasteiger partial charge in [-0.2, -0.15) is 0 Å². The average Bonchev–Trinajstić information content (AvgIpc) is 3.18. The highest BCUT2D eigenvalue weighted by molar-refractivity contribution is 5.87. The number of amides is 1. The minimum absolute atomic E-state index is 0. The molecule has 4 heteroatoms. The van der Waals surface area contributed by atoms with Gasteiger partial charge in [-0.25, -0.2) is 0 Å². The molecule has 2 unspecified atom stereocenters. The number of fused-ring (bicyclic) bond motifs is 1. The lowest BCUT2D eigenvalue weighted by Crippen LogP contribution is -2.35. The molecule has 2 aromatic rings. The Labute approximate surface area is 168 Å². The molecule has 2 saturated heterocycles. The van der Waals surface area contributed by atoms with Crippen LogP contribution in [0, 0.1) is 11.8 Å². The van der Waals surface area contributed by atoms with Crippen LogP contribution < -0.4 is 5.32 Å². The molecule has 0 aliphatic carbocycles. The van der Waals surface area contributed by atoms with E-state index < -0.39 is 0 Å². The Kier molecular flexibility index (Phi) is 6.78. The summed E-state index contributed by atoms with van der Waals surface area (Å²) in [5.74, 6) is 1.53. The van der Waals surface area contributed by atoms with Crippen LogP contribution in [0.1, 0.15) is 50.6 Å². The monoisotopic (exact) mass is 386 g/mol. The Morgan fingerprint density at radius 3 is 2.67 bits per heavy atom. The van der Waals surface area contributed by atoms with E-state index in [4.69, 9.17) is 0 Å². The van der Waals surface area contributed by atoms with Gasteiger partial charge < -0.3 is 10.2 Å². The van der Waals surface area contributed by atoms with E-state index in [-0.39, 0.29) is 18.4 Å². The summed E-state index contributed by atoms with van der Waals surface area (Å²) in [7, 11) is 0. The number of nitrogens with one attached hydrogen (secondary N) is 1. The van der Waals surface area contributed by atoms with Crippen molar-refractivity contribution < 1.29 is 4.79 Å². The van der Waals surface area contributed by atoms with Crippen LogP contribution in [0.15, 0.2) is 42.5 Å². The van der Waals surface area contributed by atoms with Gasteiger partial charge in [-0.15, -0.1) is 12.4 Å². The second kappa shape index (κ2) is 9.07. The third-order valence-electron chi connectivity index (χ3n) is 6.44. The lowest BCUT2D eigenvalue weighted by molar-refractivity contribution is -0.133. The molecule has 2 fully saturated rings. The fourth-order valence-electron chi connectivity index (χ4n) is 4.90. The zero-order valence-corrected chi connectivity index (χ0v) is 17.0. The summed E-state index contributed by atoms with van der Waals surface area (Å²) in [5, 5.41) is 6.00. The number of hydrogen-bond acceptors (Lipinski definition) is 2. The first-order valence-electron chi connectivity index (χ1n) is 10.2. The van der Waals surface area contributed by atoms with Crippen molar-refractivity contribution >= 4 is 29.1 Å². The molecule has 2 aliphatic rings. The van der Waals surface area contributed by atoms with E-state index in [0.29, 0.717) is 24.2 Å². The van der Waals surface area contributed by atoms with E-state index in [1.807, 2.05) is 0 Å². The number of carbonyl (C=O) groups is 1. The van der Waals surface area contributed by atoms with Gasteiger partial charge in [-0.3, -0.25) is 4.79 Å². The summed E-state index contributed by atoms with van der Waals surface area (Å²) in [6.07, 6.45) is 5.32. The Morgan fingerprint density at radius 2 is 1.85 bits per heavy atom. The lowest BCUT2D eigenvalue weighted by Gasteiger charge is -2.31. The van der Waals surface area contributed by atoms with Gasteiger partial charge in [0.25, 0.3) is 0 Å². The molecule has 0 aromatic heterocycles. The Hall–Kier alpha value is -1.58. The van der Waals surface area contributed by atoms with Crippen molar-refractivity contribution in [2.24, 2.45) is 11.8 Å². The number of hydrogen-bond donors (Lipinski definition) is 1. The zero-order valence-electron chi connectivity index (χ0n) is 16.2. The molecule has 1 N–H and O–H groups in total. The van der Waals surface area contributed by atoms with Gasteiger partial charge in [0.05, 0.1) is 6.04 Å². The van der Waals surface area contributed by atoms with Gasteiger partial charge in [-0.05, 0) is 66.9 Å². The summed E-state index contributed by atoms with van der Waals surface area (Å²) < 4.78 is 0. The van der Waals surface area contributed by atoms with E-state index >= 15 is 0 Å². The summed E-state index contributed by atoms with van der Waals surface area (Å²) in [6, 6.07) is 15.3. The molecular formula is C23H31ClN2O. The van der Waals surface area contributed by atoms with E-state index in [2.05, 4.69) is 59.6 Å². The van der Waals surface area contributed by atoms with Crippen molar-refractivity contribution in [1.29, 1.82) is 0 Å². The fourth-order valence-corrected chi connectivity index (χ4v) is 4.90. The molecule has 2 heterocycles. The molecule has 2 atom stereocenters. The van der Waals surface area contributed by atoms with Crippen molar-refractivity contribution in [3.63, 3.8) is 0 Å². The predicted octanol–water partition coefficient (Wildman–Crippen LogP) is 4.95. The molecule has 2 aromatic carbocycles. The summed E-state index contributed by atoms with van der Waals surface area (Å²) in [6.45, 7) is 5.39. The molecule has 0 saturated carbocycles. The normalized spacial score (nSPS) is 21.8. The predicted molar refractivity (Wildman–Crippen MR) is 114 cm³/mol. The highest BCUT2D eigenvalue weighted by Gasteiger charge is 2.32. The smallest absolute Gasteiger partial charge is 0.223 e. The number of rotatable bonds is 4. The van der Waals surface area contributed by atoms with E-state index in [1.54, 1.807) is 0 Å². The van der Waals surface area contributed by atoms with E-state index in [0.717, 1.165) is 32.5 Å². The largest absolute Gasteiger partial charge is 0.336 e. The van der Waals surface area contributed by atoms with Crippen LogP contribution >= 0.6 is 12.4 Å². The fraction of sp³-hybridized carbons (Fsp3) is 0.522. The number of likely N-dealkylation sites (tertiary alicyclic amines) is 1. The standard InChI is InChI=1S/C23H30N2O.ClH/c1-17(18-11-13-24-14-12-18)16-23(26)25-15-5-10-22(25)21-9-4-7-19-6-2-3-8-20(19)21;/h2-4,6-9,17-18,22,24H,5,10-16H2,1H3;1H. The van der Waals surface area contributed by atoms with E-state index in [1.165, 1.54) is 29.2 Å². The molecule has 3 nitrogen and oxygen atoms in total. The lowest BCUT2D eigenvalue weighted by atomic mass is 9.84. The van der Waals surface area contributed by atoms with Crippen molar-refractivity contribution in [3.8, 4) is 0 Å². The van der Waals surface area contributed by atoms with Gasteiger partial charge in [-0.1, -0.05) is 49.4 Å². The molecule has 0 spiro atoms. The average molecular weight is 387 g/mol. The SMILES string of the molecule is CC(CC(=O)N1CCCC1c1cccc2ccccc12)C1CCNCC1.Cl. The Bertz CT molecular complexity index is 767. The van der Waals surface area contributed by atoms with Gasteiger partial charge >= 0.3 is 0 Å². The molecule has 0 bridgehead atoms. The highest BCUT2D eigenvalue weighted by Crippen LogP contribution is 2.37. The van der Waals surface area contributed by atoms with Crippen LogP contribution in [0.2, 0.25) is 0 Å². The number of nitrogens with zero attached hydrogens (tertiary/aromatic N) is 1. The van der Waals surface area contributed by atoms with E-state index in [9.17, 15) is 4.79 Å². The maximum absolute atomic E-state index is 13.1. The second-order valence-corrected chi connectivity index (χ2v) is 8.08. The summed E-state index contributed by atoms with van der Waals surface area (Å²) in [5.41, 5.74) is 1.32. The highest BCUT2D eigenvalue weighted by atomic mass is 35.5. The van der Waals surface area contributed by atoms with Gasteiger partial charge in [0.1, 0.15) is 0 Å². The number of piperidine rings is 1. The van der Waals surface area contributed by atoms with Gasteiger partial charge in [0.15, 0.2) is 0 Å². The summed E-state index contributed by atoms with van der Waals surface area (Å²) in [4.78, 5) is 15.3. The van der Waals surface area contributed by atoms with Crippen LogP contribution in [-0.2, 0) is 4.79 Å². The summed E-state index contributed by atoms with van der Waals surface area (Å²) >= 11 is 0. The first-order valence-corrected chi connectivity index (χ1v) is 10.2. The minimum Gasteiger partial charge on any atom is -0.336 e. The van der Waals surface area contributed by atoms with Crippen LogP contribution in [0.5, 0.6) is 0 Å². The third kappa shape index (κ3) is 4.30. The topological polar surface area (TPSA) is 32.3 Å². The number of carbonyl (C=O) groups excluding carboxylic acids is 1. The minimum atomic E-state index is 0. The molecule has 146 valence electrons. The van der Waals surface area contributed by atoms with Crippen molar-refractivity contribution in [2.45, 2.75) is 45.1 Å². The maximum atomic E-state index is 13.1. The zero-order chi connectivity index (χ0) is 17.9. The van der Waals surface area contributed by atoms with Crippen LogP contribution in [0.25, 0.3) is 10.8 Å². The van der Waals surface area contributed by atoms with Crippen molar-refractivity contribution in [1.82, 2.24) is 10.2 Å². The van der Waals surface area contributed by atoms with Gasteiger partial charge in [0.2, 0.25) is 5.91 Å². The van der Waals surface area contributed by atoms with Gasteiger partial charge in [0, 0.05) is 13.0 Å². The van der Waals surface area contributed by atoms with Crippen LogP contribution in [-0.4, -0.2) is 30.4 Å². The molecule has 2 aliphatic heterocycles. The second-order valence-electron chi connectivity index (χ2n) is 8.08. The quantitative estimate of drug-likeness (QED) is 0.806. The third-order valence-corrected chi connectivity index (χ3v) is 6.44. The Morgan fingerprint density at radius 1 is 1.11 bits per heavy atom. The first-order chi connectivity index (χ1) is 12.7. The van der Waals surface area contributed by atoms with Crippen molar-refractivity contribution in [2.75, 3.05) is 19.6 Å². The first kappa shape index (κ1) is 20.2. The molecule has 1 amide bonds. The maximum Gasteiger partial charge on any atom is 0.223 e. The molecule has 0 radical (unpaired) electrons. The molecule has 4 rings (SSSR count).